The first-order valence-corrected chi connectivity index (χ1v) is 8.31. The summed E-state index contributed by atoms with van der Waals surface area (Å²) in [6, 6.07) is 10.8. The highest BCUT2D eigenvalue weighted by Gasteiger charge is 2.09. The van der Waals surface area contributed by atoms with Gasteiger partial charge in [-0.05, 0) is 36.8 Å². The minimum Gasteiger partial charge on any atom is -0.377 e. The predicted molar refractivity (Wildman–Crippen MR) is 80.8 cm³/mol. The molecule has 0 spiro atoms. The van der Waals surface area contributed by atoms with Crippen molar-refractivity contribution in [3.63, 3.8) is 0 Å². The Hall–Kier alpha value is -1.59. The number of hydrogen-bond donors (Lipinski definition) is 1. The maximum Gasteiger partial charge on any atom is 0.192 e. The Labute approximate surface area is 123 Å². The molecular weight excluding hydrogens is 296 g/mol. The van der Waals surface area contributed by atoms with Crippen LogP contribution in [-0.4, -0.2) is 19.7 Å². The number of anilines is 1. The van der Waals surface area contributed by atoms with E-state index in [1.807, 2.05) is 31.2 Å². The molecule has 106 valence electrons. The molecule has 0 aliphatic rings. The van der Waals surface area contributed by atoms with Gasteiger partial charge in [-0.15, -0.1) is 0 Å². The van der Waals surface area contributed by atoms with Crippen molar-refractivity contribution in [2.24, 2.45) is 0 Å². The number of nitrogens with one attached hydrogen (secondary N) is 1. The topological polar surface area (TPSA) is 59.1 Å². The highest BCUT2D eigenvalue weighted by atomic mass is 35.5. The summed E-state index contributed by atoms with van der Waals surface area (Å²) in [5.41, 5.74) is 1.85. The van der Waals surface area contributed by atoms with E-state index in [1.54, 1.807) is 6.07 Å². The van der Waals surface area contributed by atoms with E-state index in [9.17, 15) is 8.42 Å². The minimum atomic E-state index is -3.26. The van der Waals surface area contributed by atoms with Gasteiger partial charge in [0, 0.05) is 17.3 Å². The molecule has 0 fully saturated rings. The molecule has 20 heavy (non-hydrogen) atoms. The van der Waals surface area contributed by atoms with Crippen LogP contribution in [0.5, 0.6) is 0 Å². The van der Waals surface area contributed by atoms with Crippen molar-refractivity contribution >= 4 is 27.1 Å². The Morgan fingerprint density at radius 2 is 1.80 bits per heavy atom. The summed E-state index contributed by atoms with van der Waals surface area (Å²) in [5.74, 6) is 0. The fraction of sp³-hybridized carbons (Fsp3) is 0.214. The maximum atomic E-state index is 11.3. The zero-order chi connectivity index (χ0) is 14.8. The summed E-state index contributed by atoms with van der Waals surface area (Å²) in [6.45, 7) is 2.01. The van der Waals surface area contributed by atoms with Crippen molar-refractivity contribution in [2.45, 2.75) is 18.0 Å². The van der Waals surface area contributed by atoms with Gasteiger partial charge in [-0.3, -0.25) is 0 Å². The van der Waals surface area contributed by atoms with Gasteiger partial charge >= 0.3 is 0 Å². The number of hydrogen-bond acceptors (Lipinski definition) is 4. The van der Waals surface area contributed by atoms with E-state index in [4.69, 9.17) is 11.6 Å². The van der Waals surface area contributed by atoms with Crippen molar-refractivity contribution in [3.8, 4) is 0 Å². The van der Waals surface area contributed by atoms with Gasteiger partial charge in [0.15, 0.2) is 14.9 Å². The fourth-order valence-electron chi connectivity index (χ4n) is 1.77. The standard InChI is InChI=1S/C14H15ClN2O2S/c1-10(11-3-5-12(15)6-4-11)17-13-7-8-14(16-9-13)20(2,18)19/h3-10,17H,1-2H3. The molecule has 6 heteroatoms. The number of aromatic nitrogens is 1. The lowest BCUT2D eigenvalue weighted by molar-refractivity contribution is 0.598. The summed E-state index contributed by atoms with van der Waals surface area (Å²) in [6.07, 6.45) is 2.65. The first-order valence-electron chi connectivity index (χ1n) is 6.04. The number of rotatable bonds is 4. The van der Waals surface area contributed by atoms with E-state index in [0.717, 1.165) is 17.5 Å². The van der Waals surface area contributed by atoms with E-state index in [0.29, 0.717) is 5.02 Å². The molecule has 0 bridgehead atoms. The van der Waals surface area contributed by atoms with Crippen LogP contribution in [0.2, 0.25) is 5.02 Å². The molecule has 1 atom stereocenters. The molecule has 4 nitrogen and oxygen atoms in total. The summed E-state index contributed by atoms with van der Waals surface area (Å²) in [5, 5.41) is 4.02. The van der Waals surface area contributed by atoms with Crippen molar-refractivity contribution in [2.75, 3.05) is 11.6 Å². The van der Waals surface area contributed by atoms with E-state index < -0.39 is 9.84 Å². The van der Waals surface area contributed by atoms with Crippen LogP contribution < -0.4 is 5.32 Å². The molecule has 2 aromatic rings. The van der Waals surface area contributed by atoms with Crippen molar-refractivity contribution in [1.82, 2.24) is 4.98 Å². The van der Waals surface area contributed by atoms with E-state index >= 15 is 0 Å². The number of nitrogens with zero attached hydrogens (tertiary/aromatic N) is 1. The van der Waals surface area contributed by atoms with Crippen LogP contribution in [0.25, 0.3) is 0 Å². The molecule has 1 aromatic heterocycles. The molecule has 1 unspecified atom stereocenters. The third-order valence-electron chi connectivity index (χ3n) is 2.87. The predicted octanol–water partition coefficient (Wildman–Crippen LogP) is 3.31. The summed E-state index contributed by atoms with van der Waals surface area (Å²) in [4.78, 5) is 3.94. The number of pyridine rings is 1. The van der Waals surface area contributed by atoms with E-state index in [2.05, 4.69) is 10.3 Å². The second kappa shape index (κ2) is 5.81. The van der Waals surface area contributed by atoms with Gasteiger partial charge in [-0.25, -0.2) is 13.4 Å². The fourth-order valence-corrected chi connectivity index (χ4v) is 2.46. The molecule has 0 saturated carbocycles. The van der Waals surface area contributed by atoms with Crippen molar-refractivity contribution in [1.29, 1.82) is 0 Å². The summed E-state index contributed by atoms with van der Waals surface area (Å²) in [7, 11) is -3.26. The molecule has 0 aliphatic carbocycles. The quantitative estimate of drug-likeness (QED) is 0.941. The second-order valence-corrected chi connectivity index (χ2v) is 6.97. The normalized spacial score (nSPS) is 12.9. The number of benzene rings is 1. The Bertz CT molecular complexity index is 682. The number of halogens is 1. The average Bonchev–Trinajstić information content (AvgIpc) is 2.39. The summed E-state index contributed by atoms with van der Waals surface area (Å²) >= 11 is 5.85. The third-order valence-corrected chi connectivity index (χ3v) is 4.12. The van der Waals surface area contributed by atoms with Gasteiger partial charge in [0.1, 0.15) is 0 Å². The Kier molecular flexibility index (Phi) is 4.30. The molecule has 0 aliphatic heterocycles. The van der Waals surface area contributed by atoms with E-state index in [-0.39, 0.29) is 11.1 Å². The zero-order valence-electron chi connectivity index (χ0n) is 11.2. The monoisotopic (exact) mass is 310 g/mol. The van der Waals surface area contributed by atoms with Crippen LogP contribution in [-0.2, 0) is 9.84 Å². The van der Waals surface area contributed by atoms with E-state index in [1.165, 1.54) is 12.3 Å². The lowest BCUT2D eigenvalue weighted by Gasteiger charge is -2.15. The Balaban J connectivity index is 2.12. The largest absolute Gasteiger partial charge is 0.377 e. The van der Waals surface area contributed by atoms with Gasteiger partial charge < -0.3 is 5.32 Å². The zero-order valence-corrected chi connectivity index (χ0v) is 12.7. The average molecular weight is 311 g/mol. The first-order chi connectivity index (χ1) is 9.36. The Morgan fingerprint density at radius 1 is 1.15 bits per heavy atom. The van der Waals surface area contributed by atoms with Crippen LogP contribution in [0.4, 0.5) is 5.69 Å². The van der Waals surface area contributed by atoms with Crippen molar-refractivity contribution in [3.05, 3.63) is 53.2 Å². The van der Waals surface area contributed by atoms with Gasteiger partial charge in [-0.2, -0.15) is 0 Å². The van der Waals surface area contributed by atoms with Crippen LogP contribution in [0.3, 0.4) is 0 Å². The van der Waals surface area contributed by atoms with Gasteiger partial charge in [0.25, 0.3) is 0 Å². The smallest absolute Gasteiger partial charge is 0.192 e. The van der Waals surface area contributed by atoms with Crippen LogP contribution in [0.15, 0.2) is 47.6 Å². The molecule has 0 saturated heterocycles. The first kappa shape index (κ1) is 14.8. The lowest BCUT2D eigenvalue weighted by Crippen LogP contribution is -2.07. The highest BCUT2D eigenvalue weighted by molar-refractivity contribution is 7.90. The second-order valence-electron chi connectivity index (χ2n) is 4.57. The highest BCUT2D eigenvalue weighted by Crippen LogP contribution is 2.21. The molecule has 1 heterocycles. The minimum absolute atomic E-state index is 0.0677. The van der Waals surface area contributed by atoms with Gasteiger partial charge in [0.05, 0.1) is 11.9 Å². The molecule has 1 N–H and O–H groups in total. The van der Waals surface area contributed by atoms with Crippen LogP contribution in [0, 0.1) is 0 Å². The Morgan fingerprint density at radius 3 is 2.30 bits per heavy atom. The van der Waals surface area contributed by atoms with Crippen molar-refractivity contribution < 1.29 is 8.42 Å². The maximum absolute atomic E-state index is 11.3. The third kappa shape index (κ3) is 3.71. The SMILES string of the molecule is CC(Nc1ccc(S(C)(=O)=O)nc1)c1ccc(Cl)cc1. The molecule has 0 radical (unpaired) electrons. The molecule has 1 aromatic carbocycles. The van der Waals surface area contributed by atoms with Crippen LogP contribution in [0.1, 0.15) is 18.5 Å². The summed E-state index contributed by atoms with van der Waals surface area (Å²) < 4.78 is 22.6. The number of sulfone groups is 1. The molecule has 2 rings (SSSR count). The van der Waals surface area contributed by atoms with Gasteiger partial charge in [-0.1, -0.05) is 23.7 Å². The molecular formula is C14H15ClN2O2S. The van der Waals surface area contributed by atoms with Gasteiger partial charge in [0.2, 0.25) is 0 Å². The lowest BCUT2D eigenvalue weighted by atomic mass is 10.1. The molecule has 0 amide bonds. The van der Waals surface area contributed by atoms with Crippen LogP contribution >= 0.6 is 11.6 Å².